The first-order valence-corrected chi connectivity index (χ1v) is 6.54. The van der Waals surface area contributed by atoms with Crippen LogP contribution < -0.4 is 14.2 Å². The monoisotopic (exact) mass is 302 g/mol. The lowest BCUT2D eigenvalue weighted by Gasteiger charge is -2.07. The van der Waals surface area contributed by atoms with Gasteiger partial charge in [0.25, 0.3) is 0 Å². The van der Waals surface area contributed by atoms with Crippen LogP contribution in [0.15, 0.2) is 48.5 Å². The summed E-state index contributed by atoms with van der Waals surface area (Å²) < 4.78 is 14.9. The fourth-order valence-electron chi connectivity index (χ4n) is 1.70. The molecule has 0 spiro atoms. The molecule has 0 amide bonds. The van der Waals surface area contributed by atoms with E-state index in [2.05, 4.69) is 4.74 Å². The third-order valence-corrected chi connectivity index (χ3v) is 2.64. The van der Waals surface area contributed by atoms with Crippen LogP contribution in [0.3, 0.4) is 0 Å². The van der Waals surface area contributed by atoms with Gasteiger partial charge >= 0.3 is 12.1 Å². The Bertz CT molecular complexity index is 645. The number of esters is 1. The number of hydrogen-bond donors (Lipinski definition) is 1. The molecule has 0 heterocycles. The lowest BCUT2D eigenvalue weighted by atomic mass is 10.2. The topological polar surface area (TPSA) is 82.1 Å². The van der Waals surface area contributed by atoms with Crippen molar-refractivity contribution >= 4 is 12.1 Å². The van der Waals surface area contributed by atoms with Crippen molar-refractivity contribution in [2.45, 2.75) is 6.92 Å². The molecule has 0 atom stereocenters. The Morgan fingerprint density at radius 2 is 1.36 bits per heavy atom. The number of carbonyl (C=O) groups is 2. The van der Waals surface area contributed by atoms with Gasteiger partial charge in [-0.1, -0.05) is 0 Å². The molecule has 2 aromatic rings. The highest BCUT2D eigenvalue weighted by Gasteiger charge is 2.09. The maximum Gasteiger partial charge on any atom is 0.511 e. The van der Waals surface area contributed by atoms with Crippen LogP contribution in [-0.2, 0) is 0 Å². The zero-order valence-corrected chi connectivity index (χ0v) is 11.8. The highest BCUT2D eigenvalue weighted by atomic mass is 16.7. The fraction of sp³-hybridized carbons (Fsp3) is 0.125. The highest BCUT2D eigenvalue weighted by Crippen LogP contribution is 2.19. The van der Waals surface area contributed by atoms with Gasteiger partial charge < -0.3 is 19.3 Å². The van der Waals surface area contributed by atoms with E-state index >= 15 is 0 Å². The molecule has 1 N–H and O–H groups in total. The lowest BCUT2D eigenvalue weighted by Crippen LogP contribution is -2.09. The van der Waals surface area contributed by atoms with E-state index in [9.17, 15) is 9.59 Å². The zero-order chi connectivity index (χ0) is 15.9. The SMILES string of the molecule is CCOc1ccc(OC(=O)c2ccc(OC(=O)O)cc2)cc1. The summed E-state index contributed by atoms with van der Waals surface area (Å²) >= 11 is 0. The Morgan fingerprint density at radius 1 is 0.864 bits per heavy atom. The van der Waals surface area contributed by atoms with E-state index in [1.165, 1.54) is 24.3 Å². The first kappa shape index (κ1) is 15.4. The smallest absolute Gasteiger partial charge is 0.494 e. The minimum absolute atomic E-state index is 0.130. The van der Waals surface area contributed by atoms with Crippen molar-refractivity contribution in [3.63, 3.8) is 0 Å². The van der Waals surface area contributed by atoms with Gasteiger partial charge in [0.15, 0.2) is 0 Å². The largest absolute Gasteiger partial charge is 0.511 e. The van der Waals surface area contributed by atoms with Crippen molar-refractivity contribution in [2.75, 3.05) is 6.61 Å². The molecule has 0 unspecified atom stereocenters. The predicted molar refractivity (Wildman–Crippen MR) is 77.7 cm³/mol. The van der Waals surface area contributed by atoms with Gasteiger partial charge in [-0.05, 0) is 55.5 Å². The molecule has 0 aliphatic heterocycles. The van der Waals surface area contributed by atoms with E-state index < -0.39 is 12.1 Å². The number of rotatable bonds is 5. The maximum absolute atomic E-state index is 11.9. The van der Waals surface area contributed by atoms with Crippen molar-refractivity contribution in [3.05, 3.63) is 54.1 Å². The third-order valence-electron chi connectivity index (χ3n) is 2.64. The summed E-state index contributed by atoms with van der Waals surface area (Å²) in [6.07, 6.45) is -1.41. The molecule has 22 heavy (non-hydrogen) atoms. The second kappa shape index (κ2) is 7.12. The van der Waals surface area contributed by atoms with Crippen molar-refractivity contribution in [2.24, 2.45) is 0 Å². The van der Waals surface area contributed by atoms with Gasteiger partial charge in [-0.3, -0.25) is 0 Å². The van der Waals surface area contributed by atoms with Crippen LogP contribution in [0.25, 0.3) is 0 Å². The lowest BCUT2D eigenvalue weighted by molar-refractivity contribution is 0.0734. The molecule has 6 heteroatoms. The summed E-state index contributed by atoms with van der Waals surface area (Å²) in [5, 5.41) is 8.48. The molecule has 0 radical (unpaired) electrons. The van der Waals surface area contributed by atoms with Crippen LogP contribution in [0, 0.1) is 0 Å². The van der Waals surface area contributed by atoms with Crippen LogP contribution in [-0.4, -0.2) is 23.8 Å². The molecule has 0 bridgehead atoms. The third kappa shape index (κ3) is 4.24. The van der Waals surface area contributed by atoms with Crippen LogP contribution in [0.1, 0.15) is 17.3 Å². The molecule has 2 rings (SSSR count). The first-order chi connectivity index (χ1) is 10.6. The van der Waals surface area contributed by atoms with Gasteiger partial charge in [-0.15, -0.1) is 0 Å². The molecule has 2 aromatic carbocycles. The molecular formula is C16H14O6. The Morgan fingerprint density at radius 3 is 1.91 bits per heavy atom. The molecule has 0 aliphatic carbocycles. The van der Waals surface area contributed by atoms with Crippen LogP contribution in [0.4, 0.5) is 4.79 Å². The summed E-state index contributed by atoms with van der Waals surface area (Å²) in [5.74, 6) is 0.660. The van der Waals surface area contributed by atoms with Crippen LogP contribution in [0.2, 0.25) is 0 Å². The summed E-state index contributed by atoms with van der Waals surface area (Å²) in [6, 6.07) is 12.3. The number of carboxylic acid groups (broad SMARTS) is 1. The van der Waals surface area contributed by atoms with E-state index in [4.69, 9.17) is 14.6 Å². The van der Waals surface area contributed by atoms with Gasteiger partial charge in [-0.25, -0.2) is 9.59 Å². The highest BCUT2D eigenvalue weighted by molar-refractivity contribution is 5.91. The van der Waals surface area contributed by atoms with Crippen molar-refractivity contribution < 1.29 is 28.9 Å². The average molecular weight is 302 g/mol. The maximum atomic E-state index is 11.9. The van der Waals surface area contributed by atoms with Crippen LogP contribution >= 0.6 is 0 Å². The molecule has 0 saturated heterocycles. The molecule has 0 aromatic heterocycles. The Kier molecular flexibility index (Phi) is 4.98. The Balaban J connectivity index is 2.00. The van der Waals surface area contributed by atoms with E-state index in [0.717, 1.165) is 0 Å². The van der Waals surface area contributed by atoms with E-state index in [0.29, 0.717) is 18.1 Å². The second-order valence-electron chi connectivity index (χ2n) is 4.19. The van der Waals surface area contributed by atoms with Gasteiger partial charge in [0.1, 0.15) is 17.2 Å². The van der Waals surface area contributed by atoms with Crippen LogP contribution in [0.5, 0.6) is 17.2 Å². The molecule has 6 nitrogen and oxygen atoms in total. The Labute approximate surface area is 126 Å². The molecule has 0 saturated carbocycles. The van der Waals surface area contributed by atoms with Gasteiger partial charge in [0, 0.05) is 0 Å². The molecular weight excluding hydrogens is 288 g/mol. The predicted octanol–water partition coefficient (Wildman–Crippen LogP) is 3.36. The van der Waals surface area contributed by atoms with E-state index in [1.807, 2.05) is 6.92 Å². The minimum atomic E-state index is -1.41. The summed E-state index contributed by atoms with van der Waals surface area (Å²) in [7, 11) is 0. The van der Waals surface area contributed by atoms with Gasteiger partial charge in [0.05, 0.1) is 12.2 Å². The fourth-order valence-corrected chi connectivity index (χ4v) is 1.70. The Hall–Kier alpha value is -3.02. The van der Waals surface area contributed by atoms with E-state index in [-0.39, 0.29) is 11.3 Å². The summed E-state index contributed by atoms with van der Waals surface area (Å²) in [4.78, 5) is 22.3. The minimum Gasteiger partial charge on any atom is -0.494 e. The van der Waals surface area contributed by atoms with Gasteiger partial charge in [-0.2, -0.15) is 0 Å². The number of carbonyl (C=O) groups excluding carboxylic acids is 1. The quantitative estimate of drug-likeness (QED) is 0.518. The first-order valence-electron chi connectivity index (χ1n) is 6.54. The number of benzene rings is 2. The molecule has 114 valence electrons. The normalized spacial score (nSPS) is 9.86. The van der Waals surface area contributed by atoms with E-state index in [1.54, 1.807) is 24.3 Å². The van der Waals surface area contributed by atoms with Crippen molar-refractivity contribution in [3.8, 4) is 17.2 Å². The van der Waals surface area contributed by atoms with Gasteiger partial charge in [0.2, 0.25) is 0 Å². The number of ether oxygens (including phenoxy) is 3. The summed E-state index contributed by atoms with van der Waals surface area (Å²) in [5.41, 5.74) is 0.284. The van der Waals surface area contributed by atoms with Crippen molar-refractivity contribution in [1.82, 2.24) is 0 Å². The summed E-state index contributed by atoms with van der Waals surface area (Å²) in [6.45, 7) is 2.44. The van der Waals surface area contributed by atoms with Crippen molar-refractivity contribution in [1.29, 1.82) is 0 Å². The molecule has 0 aliphatic rings. The number of hydrogen-bond acceptors (Lipinski definition) is 5. The standard InChI is InChI=1S/C16H14O6/c1-2-20-12-7-9-13(10-8-12)21-15(17)11-3-5-14(6-4-11)22-16(18)19/h3-10H,2H2,1H3,(H,18,19). The zero-order valence-electron chi connectivity index (χ0n) is 11.8. The molecule has 0 fully saturated rings. The second-order valence-corrected chi connectivity index (χ2v) is 4.19. The average Bonchev–Trinajstić information content (AvgIpc) is 2.49.